The molecule has 1 heterocycles. The van der Waals surface area contributed by atoms with Crippen molar-refractivity contribution in [2.75, 3.05) is 19.7 Å². The first-order valence-electron chi connectivity index (χ1n) is 4.38. The summed E-state index contributed by atoms with van der Waals surface area (Å²) >= 11 is 0. The molecule has 1 saturated carbocycles. The Labute approximate surface area is 66.7 Å². The van der Waals surface area contributed by atoms with Crippen molar-refractivity contribution in [3.63, 3.8) is 0 Å². The Morgan fingerprint density at radius 1 is 1.45 bits per heavy atom. The molecule has 0 radical (unpaired) electrons. The minimum absolute atomic E-state index is 0.0521. The molecule has 3 heteroatoms. The van der Waals surface area contributed by atoms with Gasteiger partial charge in [0, 0.05) is 13.1 Å². The number of aliphatic hydroxyl groups excluding tert-OH is 1. The Kier molecular flexibility index (Phi) is 2.11. The van der Waals surface area contributed by atoms with Crippen LogP contribution in [0.4, 0.5) is 0 Å². The fraction of sp³-hybridized carbons (Fsp3) is 1.00. The zero-order chi connectivity index (χ0) is 7.68. The molecular weight excluding hydrogens is 142 g/mol. The van der Waals surface area contributed by atoms with Gasteiger partial charge in [-0.15, -0.1) is 0 Å². The Morgan fingerprint density at radius 3 is 2.82 bits per heavy atom. The van der Waals surface area contributed by atoms with E-state index >= 15 is 0 Å². The number of rotatable bonds is 2. The Balaban J connectivity index is 1.81. The normalized spacial score (nSPS) is 35.2. The van der Waals surface area contributed by atoms with E-state index in [1.807, 2.05) is 0 Å². The van der Waals surface area contributed by atoms with Gasteiger partial charge in [0.15, 0.2) is 0 Å². The molecule has 2 N–H and O–H groups in total. The maximum atomic E-state index is 9.65. The van der Waals surface area contributed by atoms with Gasteiger partial charge >= 0.3 is 0 Å². The maximum absolute atomic E-state index is 9.65. The average molecular weight is 157 g/mol. The van der Waals surface area contributed by atoms with E-state index in [2.05, 4.69) is 5.32 Å². The van der Waals surface area contributed by atoms with Crippen LogP contribution in [-0.2, 0) is 4.74 Å². The van der Waals surface area contributed by atoms with Crippen LogP contribution < -0.4 is 5.32 Å². The smallest absolute Gasteiger partial charge is 0.0961 e. The Hall–Kier alpha value is -0.120. The molecule has 11 heavy (non-hydrogen) atoms. The van der Waals surface area contributed by atoms with Crippen LogP contribution in [0.2, 0.25) is 0 Å². The lowest BCUT2D eigenvalue weighted by atomic mass is 10.1. The standard InChI is InChI=1S/C8H15NO2/c10-8(6-1-2-6)7-5-9-3-4-11-7/h6-10H,1-5H2. The second-order valence-electron chi connectivity index (χ2n) is 3.44. The molecule has 2 fully saturated rings. The summed E-state index contributed by atoms with van der Waals surface area (Å²) < 4.78 is 5.43. The number of morpholine rings is 1. The summed E-state index contributed by atoms with van der Waals surface area (Å²) in [4.78, 5) is 0. The third-order valence-corrected chi connectivity index (χ3v) is 2.44. The summed E-state index contributed by atoms with van der Waals surface area (Å²) in [6, 6.07) is 0. The molecule has 2 unspecified atom stereocenters. The van der Waals surface area contributed by atoms with E-state index in [0.29, 0.717) is 5.92 Å². The lowest BCUT2D eigenvalue weighted by molar-refractivity contribution is -0.0601. The molecule has 64 valence electrons. The predicted molar refractivity (Wildman–Crippen MR) is 41.3 cm³/mol. The van der Waals surface area contributed by atoms with Crippen molar-refractivity contribution >= 4 is 0 Å². The fourth-order valence-corrected chi connectivity index (χ4v) is 1.55. The third kappa shape index (κ3) is 1.72. The van der Waals surface area contributed by atoms with Crippen LogP contribution in [0.25, 0.3) is 0 Å². The van der Waals surface area contributed by atoms with Crippen LogP contribution in [0.1, 0.15) is 12.8 Å². The van der Waals surface area contributed by atoms with Gasteiger partial charge in [0.25, 0.3) is 0 Å². The molecular formula is C8H15NO2. The van der Waals surface area contributed by atoms with E-state index in [1.165, 1.54) is 12.8 Å². The first-order valence-corrected chi connectivity index (χ1v) is 4.38. The van der Waals surface area contributed by atoms with Crippen molar-refractivity contribution < 1.29 is 9.84 Å². The van der Waals surface area contributed by atoms with Crippen molar-refractivity contribution in [1.29, 1.82) is 0 Å². The van der Waals surface area contributed by atoms with Gasteiger partial charge in [-0.25, -0.2) is 0 Å². The minimum Gasteiger partial charge on any atom is -0.390 e. The van der Waals surface area contributed by atoms with Crippen molar-refractivity contribution in [3.05, 3.63) is 0 Å². The second-order valence-corrected chi connectivity index (χ2v) is 3.44. The average Bonchev–Trinajstić information content (AvgIpc) is 2.87. The zero-order valence-electron chi connectivity index (χ0n) is 6.62. The van der Waals surface area contributed by atoms with E-state index in [4.69, 9.17) is 4.74 Å². The number of ether oxygens (including phenoxy) is 1. The van der Waals surface area contributed by atoms with Crippen LogP contribution in [0.3, 0.4) is 0 Å². The quantitative estimate of drug-likeness (QED) is 0.580. The van der Waals surface area contributed by atoms with Crippen LogP contribution in [0.15, 0.2) is 0 Å². The lowest BCUT2D eigenvalue weighted by Crippen LogP contribution is -2.45. The number of hydrogen-bond acceptors (Lipinski definition) is 3. The molecule has 1 saturated heterocycles. The van der Waals surface area contributed by atoms with Gasteiger partial charge in [0.2, 0.25) is 0 Å². The van der Waals surface area contributed by atoms with E-state index in [-0.39, 0.29) is 12.2 Å². The highest BCUT2D eigenvalue weighted by Gasteiger charge is 2.36. The van der Waals surface area contributed by atoms with Crippen molar-refractivity contribution in [3.8, 4) is 0 Å². The largest absolute Gasteiger partial charge is 0.390 e. The monoisotopic (exact) mass is 157 g/mol. The van der Waals surface area contributed by atoms with Gasteiger partial charge in [0.05, 0.1) is 18.8 Å². The van der Waals surface area contributed by atoms with Crippen molar-refractivity contribution in [2.24, 2.45) is 5.92 Å². The first-order chi connectivity index (χ1) is 5.38. The summed E-state index contributed by atoms with van der Waals surface area (Å²) in [5.41, 5.74) is 0. The number of aliphatic hydroxyl groups is 1. The molecule has 0 amide bonds. The number of hydrogen-bond donors (Lipinski definition) is 2. The van der Waals surface area contributed by atoms with Gasteiger partial charge in [-0.05, 0) is 18.8 Å². The van der Waals surface area contributed by atoms with E-state index < -0.39 is 0 Å². The SMILES string of the molecule is OC(C1CC1)C1CNCCO1. The van der Waals surface area contributed by atoms with Gasteiger partial charge in [-0.1, -0.05) is 0 Å². The molecule has 1 aliphatic carbocycles. The van der Waals surface area contributed by atoms with E-state index in [1.54, 1.807) is 0 Å². The highest BCUT2D eigenvalue weighted by atomic mass is 16.5. The van der Waals surface area contributed by atoms with Crippen molar-refractivity contribution in [1.82, 2.24) is 5.32 Å². The molecule has 1 aliphatic heterocycles. The summed E-state index contributed by atoms with van der Waals surface area (Å²) in [6.45, 7) is 2.49. The van der Waals surface area contributed by atoms with Gasteiger partial charge in [-0.3, -0.25) is 0 Å². The molecule has 2 aliphatic rings. The molecule has 0 aromatic rings. The topological polar surface area (TPSA) is 41.5 Å². The molecule has 3 nitrogen and oxygen atoms in total. The zero-order valence-corrected chi connectivity index (χ0v) is 6.62. The van der Waals surface area contributed by atoms with Gasteiger partial charge < -0.3 is 15.2 Å². The van der Waals surface area contributed by atoms with Crippen molar-refractivity contribution in [2.45, 2.75) is 25.0 Å². The minimum atomic E-state index is -0.220. The van der Waals surface area contributed by atoms with E-state index in [0.717, 1.165) is 19.7 Å². The summed E-state index contributed by atoms with van der Waals surface area (Å²) in [6.07, 6.45) is 2.20. The van der Waals surface area contributed by atoms with Crippen LogP contribution >= 0.6 is 0 Å². The summed E-state index contributed by atoms with van der Waals surface area (Å²) in [5.74, 6) is 0.528. The van der Waals surface area contributed by atoms with Gasteiger partial charge in [0.1, 0.15) is 0 Å². The second kappa shape index (κ2) is 3.09. The summed E-state index contributed by atoms with van der Waals surface area (Å²) in [5, 5.41) is 12.9. The van der Waals surface area contributed by atoms with Crippen LogP contribution in [-0.4, -0.2) is 37.0 Å². The Morgan fingerprint density at radius 2 is 2.27 bits per heavy atom. The maximum Gasteiger partial charge on any atom is 0.0961 e. The fourth-order valence-electron chi connectivity index (χ4n) is 1.55. The van der Waals surface area contributed by atoms with E-state index in [9.17, 15) is 5.11 Å². The highest BCUT2D eigenvalue weighted by molar-refractivity contribution is 4.88. The third-order valence-electron chi connectivity index (χ3n) is 2.44. The molecule has 0 spiro atoms. The van der Waals surface area contributed by atoms with Crippen LogP contribution in [0, 0.1) is 5.92 Å². The Bertz CT molecular complexity index is 130. The molecule has 0 aromatic carbocycles. The van der Waals surface area contributed by atoms with Crippen LogP contribution in [0.5, 0.6) is 0 Å². The number of nitrogens with one attached hydrogen (secondary N) is 1. The lowest BCUT2D eigenvalue weighted by Gasteiger charge is -2.27. The molecule has 0 bridgehead atoms. The summed E-state index contributed by atoms with van der Waals surface area (Å²) in [7, 11) is 0. The predicted octanol–water partition coefficient (Wildman–Crippen LogP) is -0.254. The molecule has 2 atom stereocenters. The molecule has 2 rings (SSSR count). The first kappa shape index (κ1) is 7.53. The highest BCUT2D eigenvalue weighted by Crippen LogP contribution is 2.34. The van der Waals surface area contributed by atoms with Gasteiger partial charge in [-0.2, -0.15) is 0 Å². The molecule has 0 aromatic heterocycles.